The van der Waals surface area contributed by atoms with E-state index in [1.165, 1.54) is 5.56 Å². The van der Waals surface area contributed by atoms with Crippen molar-refractivity contribution >= 4 is 33.4 Å². The molecule has 3 nitrogen and oxygen atoms in total. The molecule has 23 heavy (non-hydrogen) atoms. The van der Waals surface area contributed by atoms with Gasteiger partial charge in [0, 0.05) is 30.1 Å². The Bertz CT molecular complexity index is 693. The Balaban J connectivity index is 1.57. The molecule has 0 saturated carbocycles. The Hall–Kier alpha value is -1.36. The summed E-state index contributed by atoms with van der Waals surface area (Å²) in [6, 6.07) is 15.9. The summed E-state index contributed by atoms with van der Waals surface area (Å²) in [5, 5.41) is 3.57. The first-order chi connectivity index (χ1) is 11.1. The van der Waals surface area contributed by atoms with Gasteiger partial charge in [-0.15, -0.1) is 0 Å². The third kappa shape index (κ3) is 4.34. The summed E-state index contributed by atoms with van der Waals surface area (Å²) in [5.74, 6) is -0.108. The largest absolute Gasteiger partial charge is 0.348 e. The average molecular weight is 394 g/mol. The lowest BCUT2D eigenvalue weighted by molar-refractivity contribution is 0.0937. The highest BCUT2D eigenvalue weighted by Crippen LogP contribution is 2.21. The van der Waals surface area contributed by atoms with E-state index in [-0.39, 0.29) is 11.9 Å². The molecule has 0 spiro atoms. The van der Waals surface area contributed by atoms with Crippen LogP contribution in [0.1, 0.15) is 22.3 Å². The number of rotatable bonds is 4. The van der Waals surface area contributed by atoms with Crippen LogP contribution in [0.15, 0.2) is 53.0 Å². The Morgan fingerprint density at radius 2 is 2.04 bits per heavy atom. The predicted molar refractivity (Wildman–Crippen MR) is 96.7 cm³/mol. The maximum atomic E-state index is 12.4. The van der Waals surface area contributed by atoms with Gasteiger partial charge in [-0.3, -0.25) is 9.69 Å². The minimum absolute atomic E-state index is 0.108. The molecule has 2 aromatic rings. The van der Waals surface area contributed by atoms with Gasteiger partial charge in [0.25, 0.3) is 5.91 Å². The van der Waals surface area contributed by atoms with E-state index in [2.05, 4.69) is 50.4 Å². The standard InChI is InChI=1S/C18H18BrClN2O/c19-14-6-7-17(20)16(10-14)18(23)21-15-8-9-22(12-15)11-13-4-2-1-3-5-13/h1-7,10,15H,8-9,11-12H2,(H,21,23)/t15-/m0/s1. The number of nitrogens with zero attached hydrogens (tertiary/aromatic N) is 1. The summed E-state index contributed by atoms with van der Waals surface area (Å²) in [4.78, 5) is 14.8. The van der Waals surface area contributed by atoms with Gasteiger partial charge in [0.15, 0.2) is 0 Å². The Kier molecular flexibility index (Phi) is 5.36. The van der Waals surface area contributed by atoms with E-state index in [0.717, 1.165) is 30.5 Å². The zero-order chi connectivity index (χ0) is 16.2. The number of halogens is 2. The Morgan fingerprint density at radius 1 is 1.26 bits per heavy atom. The molecule has 120 valence electrons. The monoisotopic (exact) mass is 392 g/mol. The van der Waals surface area contributed by atoms with Crippen molar-refractivity contribution in [1.29, 1.82) is 0 Å². The normalized spacial score (nSPS) is 18.1. The zero-order valence-corrected chi connectivity index (χ0v) is 15.0. The molecule has 5 heteroatoms. The molecular formula is C18H18BrClN2O. The highest BCUT2D eigenvalue weighted by atomic mass is 79.9. The zero-order valence-electron chi connectivity index (χ0n) is 12.6. The second-order valence-corrected chi connectivity index (χ2v) is 7.13. The van der Waals surface area contributed by atoms with Crippen LogP contribution in [0.25, 0.3) is 0 Å². The molecule has 1 atom stereocenters. The molecule has 1 aliphatic heterocycles. The van der Waals surface area contributed by atoms with Gasteiger partial charge in [-0.25, -0.2) is 0 Å². The van der Waals surface area contributed by atoms with Crippen molar-refractivity contribution in [3.8, 4) is 0 Å². The van der Waals surface area contributed by atoms with Crippen LogP contribution < -0.4 is 5.32 Å². The molecule has 0 unspecified atom stereocenters. The molecule has 0 radical (unpaired) electrons. The van der Waals surface area contributed by atoms with E-state index in [0.29, 0.717) is 10.6 Å². The summed E-state index contributed by atoms with van der Waals surface area (Å²) < 4.78 is 0.851. The fourth-order valence-electron chi connectivity index (χ4n) is 2.87. The van der Waals surface area contributed by atoms with Gasteiger partial charge in [-0.2, -0.15) is 0 Å². The molecule has 0 aromatic heterocycles. The first-order valence-corrected chi connectivity index (χ1v) is 8.81. The molecule has 0 aliphatic carbocycles. The van der Waals surface area contributed by atoms with Crippen molar-refractivity contribution in [2.45, 2.75) is 19.0 Å². The van der Waals surface area contributed by atoms with Crippen LogP contribution in [0.5, 0.6) is 0 Å². The van der Waals surface area contributed by atoms with Crippen molar-refractivity contribution in [2.24, 2.45) is 0 Å². The van der Waals surface area contributed by atoms with E-state index < -0.39 is 0 Å². The molecular weight excluding hydrogens is 376 g/mol. The Morgan fingerprint density at radius 3 is 2.83 bits per heavy atom. The molecule has 3 rings (SSSR count). The van der Waals surface area contributed by atoms with Crippen LogP contribution in [0, 0.1) is 0 Å². The molecule has 1 amide bonds. The van der Waals surface area contributed by atoms with E-state index in [1.54, 1.807) is 12.1 Å². The topological polar surface area (TPSA) is 32.3 Å². The number of carbonyl (C=O) groups excluding carboxylic acids is 1. The molecule has 1 heterocycles. The Labute approximate surface area is 149 Å². The molecule has 1 aliphatic rings. The second kappa shape index (κ2) is 7.47. The summed E-state index contributed by atoms with van der Waals surface area (Å²) in [5.41, 5.74) is 1.82. The number of benzene rings is 2. The number of likely N-dealkylation sites (tertiary alicyclic amines) is 1. The van der Waals surface area contributed by atoms with Crippen LogP contribution >= 0.6 is 27.5 Å². The predicted octanol–water partition coefficient (Wildman–Crippen LogP) is 4.11. The van der Waals surface area contributed by atoms with E-state index in [9.17, 15) is 4.79 Å². The number of carbonyl (C=O) groups is 1. The maximum Gasteiger partial charge on any atom is 0.253 e. The van der Waals surface area contributed by atoms with Gasteiger partial charge in [-0.05, 0) is 30.2 Å². The van der Waals surface area contributed by atoms with Crippen molar-refractivity contribution in [1.82, 2.24) is 10.2 Å². The summed E-state index contributed by atoms with van der Waals surface area (Å²) in [6.07, 6.45) is 0.962. The average Bonchev–Trinajstić information content (AvgIpc) is 2.97. The molecule has 1 fully saturated rings. The first kappa shape index (κ1) is 16.5. The molecule has 1 saturated heterocycles. The fraction of sp³-hybridized carbons (Fsp3) is 0.278. The molecule has 2 aromatic carbocycles. The van der Waals surface area contributed by atoms with Crippen LogP contribution in [-0.4, -0.2) is 29.9 Å². The van der Waals surface area contributed by atoms with Crippen molar-refractivity contribution < 1.29 is 4.79 Å². The van der Waals surface area contributed by atoms with Crippen LogP contribution in [-0.2, 0) is 6.54 Å². The minimum atomic E-state index is -0.108. The maximum absolute atomic E-state index is 12.4. The quantitative estimate of drug-likeness (QED) is 0.848. The lowest BCUT2D eigenvalue weighted by Gasteiger charge is -2.17. The van der Waals surface area contributed by atoms with Crippen molar-refractivity contribution in [3.63, 3.8) is 0 Å². The lowest BCUT2D eigenvalue weighted by Crippen LogP contribution is -2.37. The van der Waals surface area contributed by atoms with Crippen molar-refractivity contribution in [3.05, 3.63) is 69.2 Å². The van der Waals surface area contributed by atoms with Gasteiger partial charge in [0.2, 0.25) is 0 Å². The van der Waals surface area contributed by atoms with Gasteiger partial charge in [0.05, 0.1) is 10.6 Å². The SMILES string of the molecule is O=C(N[C@H]1CCN(Cc2ccccc2)C1)c1cc(Br)ccc1Cl. The minimum Gasteiger partial charge on any atom is -0.348 e. The number of amides is 1. The number of nitrogens with one attached hydrogen (secondary N) is 1. The van der Waals surface area contributed by atoms with Gasteiger partial charge >= 0.3 is 0 Å². The van der Waals surface area contributed by atoms with Gasteiger partial charge < -0.3 is 5.32 Å². The van der Waals surface area contributed by atoms with Crippen LogP contribution in [0.2, 0.25) is 5.02 Å². The van der Waals surface area contributed by atoms with Gasteiger partial charge in [0.1, 0.15) is 0 Å². The second-order valence-electron chi connectivity index (χ2n) is 5.80. The van der Waals surface area contributed by atoms with Crippen molar-refractivity contribution in [2.75, 3.05) is 13.1 Å². The summed E-state index contributed by atoms with van der Waals surface area (Å²) >= 11 is 9.50. The summed E-state index contributed by atoms with van der Waals surface area (Å²) in [7, 11) is 0. The highest BCUT2D eigenvalue weighted by Gasteiger charge is 2.24. The number of hydrogen-bond donors (Lipinski definition) is 1. The highest BCUT2D eigenvalue weighted by molar-refractivity contribution is 9.10. The van der Waals surface area contributed by atoms with E-state index in [4.69, 9.17) is 11.6 Å². The summed E-state index contributed by atoms with van der Waals surface area (Å²) in [6.45, 7) is 2.78. The fourth-order valence-corrected chi connectivity index (χ4v) is 3.43. The molecule has 0 bridgehead atoms. The third-order valence-corrected chi connectivity index (χ3v) is 4.85. The number of hydrogen-bond acceptors (Lipinski definition) is 2. The smallest absolute Gasteiger partial charge is 0.253 e. The van der Waals surface area contributed by atoms with Gasteiger partial charge in [-0.1, -0.05) is 57.9 Å². The first-order valence-electron chi connectivity index (χ1n) is 7.64. The third-order valence-electron chi connectivity index (χ3n) is 4.03. The van der Waals surface area contributed by atoms with Crippen LogP contribution in [0.3, 0.4) is 0 Å². The lowest BCUT2D eigenvalue weighted by atomic mass is 10.2. The van der Waals surface area contributed by atoms with Crippen LogP contribution in [0.4, 0.5) is 0 Å². The van der Waals surface area contributed by atoms with E-state index >= 15 is 0 Å². The van der Waals surface area contributed by atoms with E-state index in [1.807, 2.05) is 12.1 Å². The molecule has 1 N–H and O–H groups in total.